The van der Waals surface area contributed by atoms with E-state index < -0.39 is 0 Å². The van der Waals surface area contributed by atoms with E-state index in [4.69, 9.17) is 5.11 Å². The predicted octanol–water partition coefficient (Wildman–Crippen LogP) is 0.393. The van der Waals surface area contributed by atoms with E-state index in [0.717, 1.165) is 18.6 Å². The summed E-state index contributed by atoms with van der Waals surface area (Å²) >= 11 is 0. The van der Waals surface area contributed by atoms with E-state index in [1.165, 1.54) is 26.1 Å². The molecule has 0 aromatic carbocycles. The lowest BCUT2D eigenvalue weighted by Gasteiger charge is -2.56. The average Bonchev–Trinajstić information content (AvgIpc) is 2.18. The smallest absolute Gasteiger partial charge is 0.0468 e. The number of hydrogen-bond donors (Lipinski definition) is 1. The van der Waals surface area contributed by atoms with Crippen molar-refractivity contribution in [3.05, 3.63) is 0 Å². The second kappa shape index (κ2) is 4.17. The first-order chi connectivity index (χ1) is 6.74. The van der Waals surface area contributed by atoms with Crippen molar-refractivity contribution < 1.29 is 5.11 Å². The van der Waals surface area contributed by atoms with E-state index in [1.54, 1.807) is 0 Å². The number of aliphatic hydroxyl groups excluding tert-OH is 1. The fraction of sp³-hybridized carbons (Fsp3) is 1.00. The van der Waals surface area contributed by atoms with Crippen LogP contribution in [-0.4, -0.2) is 59.8 Å². The first-order valence-electron chi connectivity index (χ1n) is 5.83. The van der Waals surface area contributed by atoms with Gasteiger partial charge in [-0.2, -0.15) is 0 Å². The van der Waals surface area contributed by atoms with Crippen LogP contribution in [0.3, 0.4) is 0 Å². The van der Waals surface area contributed by atoms with Gasteiger partial charge in [0.15, 0.2) is 0 Å². The minimum absolute atomic E-state index is 0.323. The monoisotopic (exact) mass is 198 g/mol. The Morgan fingerprint density at radius 3 is 2.50 bits per heavy atom. The van der Waals surface area contributed by atoms with E-state index in [0.29, 0.717) is 12.5 Å². The van der Waals surface area contributed by atoms with Gasteiger partial charge >= 0.3 is 0 Å². The van der Waals surface area contributed by atoms with Gasteiger partial charge < -0.3 is 5.11 Å². The van der Waals surface area contributed by atoms with Crippen molar-refractivity contribution in [1.82, 2.24) is 9.80 Å². The van der Waals surface area contributed by atoms with Gasteiger partial charge in [0.05, 0.1) is 0 Å². The molecule has 0 saturated carbocycles. The molecule has 0 amide bonds. The zero-order chi connectivity index (χ0) is 10.1. The van der Waals surface area contributed by atoms with Crippen LogP contribution in [0.4, 0.5) is 0 Å². The summed E-state index contributed by atoms with van der Waals surface area (Å²) in [4.78, 5) is 5.13. The first-order valence-corrected chi connectivity index (χ1v) is 5.83. The minimum Gasteiger partial charge on any atom is -0.396 e. The number of rotatable bonds is 4. The van der Waals surface area contributed by atoms with Gasteiger partial charge in [-0.3, -0.25) is 9.80 Å². The second-order valence-electron chi connectivity index (χ2n) is 4.88. The number of aliphatic hydroxyl groups is 1. The summed E-state index contributed by atoms with van der Waals surface area (Å²) in [6.45, 7) is 9.41. The van der Waals surface area contributed by atoms with Crippen molar-refractivity contribution >= 4 is 0 Å². The van der Waals surface area contributed by atoms with Crippen LogP contribution < -0.4 is 0 Å². The van der Waals surface area contributed by atoms with Crippen molar-refractivity contribution in [2.24, 2.45) is 5.92 Å². The van der Waals surface area contributed by atoms with Crippen LogP contribution in [0.5, 0.6) is 0 Å². The molecular formula is C11H22N2O. The summed E-state index contributed by atoms with van der Waals surface area (Å²) in [5, 5.41) is 9.00. The molecule has 3 atom stereocenters. The van der Waals surface area contributed by atoms with Crippen molar-refractivity contribution in [3.63, 3.8) is 0 Å². The molecule has 3 heteroatoms. The van der Waals surface area contributed by atoms with Crippen LogP contribution in [0, 0.1) is 5.92 Å². The van der Waals surface area contributed by atoms with E-state index in [-0.39, 0.29) is 0 Å². The van der Waals surface area contributed by atoms with Crippen molar-refractivity contribution in [2.45, 2.75) is 32.4 Å². The highest BCUT2D eigenvalue weighted by Crippen LogP contribution is 2.31. The molecule has 0 aromatic heterocycles. The van der Waals surface area contributed by atoms with Gasteiger partial charge in [-0.05, 0) is 18.9 Å². The highest BCUT2D eigenvalue weighted by atomic mass is 16.3. The van der Waals surface area contributed by atoms with Crippen molar-refractivity contribution in [2.75, 3.05) is 32.8 Å². The molecular weight excluding hydrogens is 176 g/mol. The number of piperazine rings is 1. The normalized spacial score (nSPS) is 35.4. The van der Waals surface area contributed by atoms with E-state index in [1.807, 2.05) is 0 Å². The third-order valence-corrected chi connectivity index (χ3v) is 3.67. The summed E-state index contributed by atoms with van der Waals surface area (Å²) in [6.07, 6.45) is 1.40. The Balaban J connectivity index is 1.79. The van der Waals surface area contributed by atoms with E-state index in [9.17, 15) is 0 Å². The van der Waals surface area contributed by atoms with Gasteiger partial charge in [-0.25, -0.2) is 0 Å². The Hall–Kier alpha value is -0.120. The number of hydrogen-bond acceptors (Lipinski definition) is 3. The zero-order valence-corrected chi connectivity index (χ0v) is 9.32. The number of likely N-dealkylation sites (N-methyl/N-ethyl adjacent to an activating group) is 1. The van der Waals surface area contributed by atoms with Crippen LogP contribution in [-0.2, 0) is 0 Å². The van der Waals surface area contributed by atoms with Gasteiger partial charge in [0.1, 0.15) is 0 Å². The third kappa shape index (κ3) is 1.81. The third-order valence-electron chi connectivity index (χ3n) is 3.67. The average molecular weight is 198 g/mol. The van der Waals surface area contributed by atoms with E-state index in [2.05, 4.69) is 23.6 Å². The zero-order valence-electron chi connectivity index (χ0n) is 9.32. The first kappa shape index (κ1) is 10.4. The molecule has 3 aliphatic rings. The summed E-state index contributed by atoms with van der Waals surface area (Å²) < 4.78 is 0. The number of nitrogens with zero attached hydrogens (tertiary/aromatic N) is 2. The molecule has 3 heterocycles. The molecule has 0 aromatic rings. The Bertz CT molecular complexity index is 186. The van der Waals surface area contributed by atoms with Crippen LogP contribution in [0.1, 0.15) is 20.3 Å². The molecule has 0 spiro atoms. The van der Waals surface area contributed by atoms with Gasteiger partial charge in [-0.1, -0.05) is 13.8 Å². The van der Waals surface area contributed by atoms with Gasteiger partial charge in [0, 0.05) is 38.3 Å². The molecule has 1 N–H and O–H groups in total. The Morgan fingerprint density at radius 1 is 1.36 bits per heavy atom. The fourth-order valence-corrected chi connectivity index (χ4v) is 2.94. The molecule has 2 bridgehead atoms. The summed E-state index contributed by atoms with van der Waals surface area (Å²) in [6, 6.07) is 1.62. The van der Waals surface area contributed by atoms with E-state index >= 15 is 0 Å². The van der Waals surface area contributed by atoms with Crippen LogP contribution in [0.15, 0.2) is 0 Å². The minimum atomic E-state index is 0.323. The molecule has 3 fully saturated rings. The molecule has 3 nitrogen and oxygen atoms in total. The lowest BCUT2D eigenvalue weighted by molar-refractivity contribution is -0.0700. The largest absolute Gasteiger partial charge is 0.396 e. The van der Waals surface area contributed by atoms with Crippen LogP contribution in [0.2, 0.25) is 0 Å². The maximum atomic E-state index is 9.00. The SMILES string of the molecule is CCN1C2CC1CN(CC(C)CO)C2. The van der Waals surface area contributed by atoms with Crippen molar-refractivity contribution in [1.29, 1.82) is 0 Å². The number of fused-ring (bicyclic) bond motifs is 2. The van der Waals surface area contributed by atoms with Crippen molar-refractivity contribution in [3.8, 4) is 0 Å². The lowest BCUT2D eigenvalue weighted by atomic mass is 9.87. The van der Waals surface area contributed by atoms with Gasteiger partial charge in [0.2, 0.25) is 0 Å². The van der Waals surface area contributed by atoms with Gasteiger partial charge in [0.25, 0.3) is 0 Å². The highest BCUT2D eigenvalue weighted by Gasteiger charge is 2.43. The summed E-state index contributed by atoms with van der Waals surface area (Å²) in [5.41, 5.74) is 0. The number of piperidine rings is 1. The fourth-order valence-electron chi connectivity index (χ4n) is 2.94. The standard InChI is InChI=1S/C11H22N2O/c1-3-13-10-4-11(13)7-12(6-10)5-9(2)8-14/h9-11,14H,3-8H2,1-2H3. The molecule has 82 valence electrons. The molecule has 3 aliphatic heterocycles. The molecule has 3 unspecified atom stereocenters. The lowest BCUT2D eigenvalue weighted by Crippen LogP contribution is -2.68. The second-order valence-corrected chi connectivity index (χ2v) is 4.88. The quantitative estimate of drug-likeness (QED) is 0.708. The van der Waals surface area contributed by atoms with Crippen LogP contribution >= 0.6 is 0 Å². The predicted molar refractivity (Wildman–Crippen MR) is 57.3 cm³/mol. The Kier molecular flexibility index (Phi) is 3.10. The summed E-state index contributed by atoms with van der Waals surface area (Å²) in [5.74, 6) is 0.433. The topological polar surface area (TPSA) is 26.7 Å². The molecule has 3 saturated heterocycles. The Morgan fingerprint density at radius 2 is 2.00 bits per heavy atom. The maximum absolute atomic E-state index is 9.00. The molecule has 14 heavy (non-hydrogen) atoms. The molecule has 0 radical (unpaired) electrons. The summed E-state index contributed by atoms with van der Waals surface area (Å²) in [7, 11) is 0. The highest BCUT2D eigenvalue weighted by molar-refractivity contribution is 5.00. The molecule has 3 rings (SSSR count). The maximum Gasteiger partial charge on any atom is 0.0468 e. The van der Waals surface area contributed by atoms with Gasteiger partial charge in [-0.15, -0.1) is 0 Å². The Labute approximate surface area is 86.7 Å². The molecule has 0 aliphatic carbocycles. The van der Waals surface area contributed by atoms with Crippen LogP contribution in [0.25, 0.3) is 0 Å².